The van der Waals surface area contributed by atoms with E-state index >= 15 is 0 Å². The van der Waals surface area contributed by atoms with Crippen LogP contribution in [0.2, 0.25) is 0 Å². The Labute approximate surface area is 77.7 Å². The van der Waals surface area contributed by atoms with Crippen LogP contribution in [-0.2, 0) is 9.53 Å². The molecule has 4 heteroatoms. The Morgan fingerprint density at radius 2 is 2.00 bits per heavy atom. The van der Waals surface area contributed by atoms with Crippen LogP contribution < -0.4 is 0 Å². The molecule has 0 amide bonds. The van der Waals surface area contributed by atoms with Gasteiger partial charge in [0.1, 0.15) is 11.3 Å². The second-order valence-electron chi connectivity index (χ2n) is 2.52. The molecule has 0 aliphatic heterocycles. The number of aliphatic hydroxyl groups excluding tert-OH is 1. The van der Waals surface area contributed by atoms with Crippen LogP contribution in [-0.4, -0.2) is 23.4 Å². The van der Waals surface area contributed by atoms with E-state index in [1.165, 1.54) is 6.92 Å². The third-order valence-corrected chi connectivity index (χ3v) is 1.48. The highest BCUT2D eigenvalue weighted by atomic mass is 16.5. The number of allylic oxidation sites excluding steroid dienone is 1. The van der Waals surface area contributed by atoms with E-state index in [1.807, 2.05) is 0 Å². The molecule has 0 spiro atoms. The Morgan fingerprint density at radius 1 is 1.46 bits per heavy atom. The topological polar surface area (TPSA) is 70.4 Å². The second-order valence-corrected chi connectivity index (χ2v) is 2.52. The van der Waals surface area contributed by atoms with E-state index in [0.29, 0.717) is 6.42 Å². The molecule has 0 heterocycles. The summed E-state index contributed by atoms with van der Waals surface area (Å²) in [5.41, 5.74) is 0.00199. The van der Waals surface area contributed by atoms with Gasteiger partial charge in [-0.1, -0.05) is 6.92 Å². The monoisotopic (exact) mass is 185 g/mol. The van der Waals surface area contributed by atoms with Gasteiger partial charge < -0.3 is 15.3 Å². The van der Waals surface area contributed by atoms with Crippen molar-refractivity contribution in [2.75, 3.05) is 6.61 Å². The summed E-state index contributed by atoms with van der Waals surface area (Å²) in [4.78, 5) is 11.2. The zero-order valence-electron chi connectivity index (χ0n) is 8.18. The molecule has 4 nitrogen and oxygen atoms in total. The van der Waals surface area contributed by atoms with Gasteiger partial charge in [0.15, 0.2) is 0 Å². The van der Waals surface area contributed by atoms with E-state index < -0.39 is 5.97 Å². The first-order valence-electron chi connectivity index (χ1n) is 4.19. The number of hydrogen-bond acceptors (Lipinski definition) is 4. The Balaban J connectivity index is 4.82. The molecule has 13 heavy (non-hydrogen) atoms. The molecule has 74 valence electrons. The molecule has 0 bridgehead atoms. The van der Waals surface area contributed by atoms with Crippen molar-refractivity contribution in [1.29, 1.82) is 5.41 Å². The smallest absolute Gasteiger partial charge is 0.343 e. The maximum atomic E-state index is 11.2. The number of ether oxygens (including phenoxy) is 1. The van der Waals surface area contributed by atoms with E-state index in [1.54, 1.807) is 13.8 Å². The Morgan fingerprint density at radius 3 is 2.31 bits per heavy atom. The Kier molecular flexibility index (Phi) is 4.80. The zero-order chi connectivity index (χ0) is 10.4. The third kappa shape index (κ3) is 3.27. The van der Waals surface area contributed by atoms with E-state index in [2.05, 4.69) is 0 Å². The molecule has 0 unspecified atom stereocenters. The number of nitrogens with one attached hydrogen (secondary N) is 1. The van der Waals surface area contributed by atoms with Crippen LogP contribution >= 0.6 is 0 Å². The minimum Gasteiger partial charge on any atom is -0.511 e. The molecular weight excluding hydrogens is 170 g/mol. The minimum absolute atomic E-state index is 0.0237. The lowest BCUT2D eigenvalue weighted by Crippen LogP contribution is -2.15. The van der Waals surface area contributed by atoms with Crippen molar-refractivity contribution < 1.29 is 14.6 Å². The van der Waals surface area contributed by atoms with Crippen molar-refractivity contribution in [2.45, 2.75) is 27.2 Å². The van der Waals surface area contributed by atoms with Crippen molar-refractivity contribution in [3.63, 3.8) is 0 Å². The molecular formula is C9H15NO3. The summed E-state index contributed by atoms with van der Waals surface area (Å²) in [5, 5.41) is 16.6. The average molecular weight is 185 g/mol. The number of carbonyl (C=O) groups is 1. The molecule has 0 aromatic rings. The van der Waals surface area contributed by atoms with E-state index in [-0.39, 0.29) is 23.7 Å². The second kappa shape index (κ2) is 5.35. The molecule has 0 atom stereocenters. The van der Waals surface area contributed by atoms with Gasteiger partial charge in [-0.25, -0.2) is 4.79 Å². The van der Waals surface area contributed by atoms with Gasteiger partial charge in [0.2, 0.25) is 0 Å². The van der Waals surface area contributed by atoms with Crippen LogP contribution in [0.3, 0.4) is 0 Å². The molecule has 0 saturated carbocycles. The molecule has 0 saturated heterocycles. The maximum absolute atomic E-state index is 11.2. The number of rotatable bonds is 4. The SMILES string of the molecule is CCOC(=O)/C(C(C)=N)=C(\O)CC. The lowest BCUT2D eigenvalue weighted by molar-refractivity contribution is -0.138. The third-order valence-electron chi connectivity index (χ3n) is 1.48. The highest BCUT2D eigenvalue weighted by Gasteiger charge is 2.17. The van der Waals surface area contributed by atoms with Crippen LogP contribution in [0.5, 0.6) is 0 Å². The van der Waals surface area contributed by atoms with Gasteiger partial charge in [-0.2, -0.15) is 0 Å². The molecule has 0 radical (unpaired) electrons. The maximum Gasteiger partial charge on any atom is 0.343 e. The zero-order valence-corrected chi connectivity index (χ0v) is 8.18. The number of hydrogen-bond donors (Lipinski definition) is 2. The first kappa shape index (κ1) is 11.7. The molecule has 0 fully saturated rings. The van der Waals surface area contributed by atoms with E-state index in [4.69, 9.17) is 10.1 Å². The summed E-state index contributed by atoms with van der Waals surface area (Å²) in [7, 11) is 0. The first-order chi connectivity index (χ1) is 6.04. The van der Waals surface area contributed by atoms with Crippen molar-refractivity contribution in [2.24, 2.45) is 0 Å². The predicted octanol–water partition coefficient (Wildman–Crippen LogP) is 1.81. The van der Waals surface area contributed by atoms with Crippen LogP contribution in [0.4, 0.5) is 0 Å². The van der Waals surface area contributed by atoms with Crippen LogP contribution in [0.25, 0.3) is 0 Å². The number of carbonyl (C=O) groups excluding carboxylic acids is 1. The highest BCUT2D eigenvalue weighted by Crippen LogP contribution is 2.09. The van der Waals surface area contributed by atoms with Gasteiger partial charge in [0.05, 0.1) is 6.61 Å². The fourth-order valence-electron chi connectivity index (χ4n) is 0.867. The summed E-state index contributed by atoms with van der Waals surface area (Å²) in [6, 6.07) is 0. The van der Waals surface area contributed by atoms with Gasteiger partial charge in [-0.15, -0.1) is 0 Å². The van der Waals surface area contributed by atoms with Crippen molar-refractivity contribution in [3.8, 4) is 0 Å². The molecule has 0 aliphatic rings. The average Bonchev–Trinajstić information content (AvgIpc) is 2.04. The number of aliphatic hydroxyl groups is 1. The van der Waals surface area contributed by atoms with E-state index in [9.17, 15) is 9.90 Å². The lowest BCUT2D eigenvalue weighted by atomic mass is 10.1. The largest absolute Gasteiger partial charge is 0.511 e. The quantitative estimate of drug-likeness (QED) is 0.304. The Hall–Kier alpha value is -1.32. The van der Waals surface area contributed by atoms with E-state index in [0.717, 1.165) is 0 Å². The first-order valence-corrected chi connectivity index (χ1v) is 4.19. The minimum atomic E-state index is -0.630. The van der Waals surface area contributed by atoms with Crippen LogP contribution in [0.1, 0.15) is 27.2 Å². The van der Waals surface area contributed by atoms with Gasteiger partial charge >= 0.3 is 5.97 Å². The molecule has 0 aliphatic carbocycles. The summed E-state index contributed by atoms with van der Waals surface area (Å²) in [6.45, 7) is 5.07. The summed E-state index contributed by atoms with van der Waals surface area (Å²) < 4.78 is 4.69. The van der Waals surface area contributed by atoms with Gasteiger partial charge in [-0.05, 0) is 13.8 Å². The van der Waals surface area contributed by atoms with Gasteiger partial charge in [-0.3, -0.25) is 0 Å². The highest BCUT2D eigenvalue weighted by molar-refractivity contribution is 6.17. The lowest BCUT2D eigenvalue weighted by Gasteiger charge is -2.07. The standard InChI is InChI=1S/C9H15NO3/c1-4-7(11)8(6(3)10)9(12)13-5-2/h10-11H,4-5H2,1-3H3/b8-7-,10-6?. The molecule has 2 N–H and O–H groups in total. The van der Waals surface area contributed by atoms with Crippen molar-refractivity contribution >= 4 is 11.7 Å². The summed E-state index contributed by atoms with van der Waals surface area (Å²) in [6.07, 6.45) is 0.324. The van der Waals surface area contributed by atoms with Crippen LogP contribution in [0.15, 0.2) is 11.3 Å². The van der Waals surface area contributed by atoms with Gasteiger partial charge in [0.25, 0.3) is 0 Å². The molecule has 0 rings (SSSR count). The molecule has 0 aromatic heterocycles. The predicted molar refractivity (Wildman–Crippen MR) is 50.0 cm³/mol. The normalized spacial score (nSPS) is 11.9. The summed E-state index contributed by atoms with van der Waals surface area (Å²) in [5.74, 6) is -0.722. The van der Waals surface area contributed by atoms with Crippen LogP contribution in [0, 0.1) is 5.41 Å². The van der Waals surface area contributed by atoms with Crippen molar-refractivity contribution in [3.05, 3.63) is 11.3 Å². The van der Waals surface area contributed by atoms with Crippen molar-refractivity contribution in [1.82, 2.24) is 0 Å². The fourth-order valence-corrected chi connectivity index (χ4v) is 0.867. The summed E-state index contributed by atoms with van der Waals surface area (Å²) >= 11 is 0. The van der Waals surface area contributed by atoms with Gasteiger partial charge in [0, 0.05) is 12.1 Å². The number of esters is 1. The fraction of sp³-hybridized carbons (Fsp3) is 0.556. The Bertz CT molecular complexity index is 243. The molecule has 0 aromatic carbocycles.